The van der Waals surface area contributed by atoms with Gasteiger partial charge in [0.25, 0.3) is 5.69 Å². The summed E-state index contributed by atoms with van der Waals surface area (Å²) in [5, 5.41) is 10.5. The van der Waals surface area contributed by atoms with Crippen molar-refractivity contribution in [3.05, 3.63) is 39.4 Å². The zero-order chi connectivity index (χ0) is 11.4. The summed E-state index contributed by atoms with van der Waals surface area (Å²) in [4.78, 5) is 21.3. The van der Waals surface area contributed by atoms with Gasteiger partial charge in [0, 0.05) is 11.6 Å². The van der Waals surface area contributed by atoms with Gasteiger partial charge in [0.15, 0.2) is 0 Å². The fourth-order valence-electron chi connectivity index (χ4n) is 1.20. The summed E-state index contributed by atoms with van der Waals surface area (Å²) in [6.07, 6.45) is 0. The van der Waals surface area contributed by atoms with Gasteiger partial charge in [-0.3, -0.25) is 10.1 Å². The Labute approximate surface area is 86.8 Å². The van der Waals surface area contributed by atoms with Crippen LogP contribution < -0.4 is 0 Å². The average molecular weight is 209 g/mol. The number of rotatable bonds is 3. The molecule has 0 aliphatic heterocycles. The number of hydrogen-bond donors (Lipinski definition) is 0. The summed E-state index contributed by atoms with van der Waals surface area (Å²) in [6.45, 7) is 3.58. The SMILES string of the molecule is CCOC(=O)c1ccc([N+](=O)[O-])c(C)c1. The zero-order valence-electron chi connectivity index (χ0n) is 8.52. The van der Waals surface area contributed by atoms with Crippen LogP contribution >= 0.6 is 0 Å². The predicted octanol–water partition coefficient (Wildman–Crippen LogP) is 2.08. The Hall–Kier alpha value is -1.91. The van der Waals surface area contributed by atoms with Gasteiger partial charge in [0.2, 0.25) is 0 Å². The van der Waals surface area contributed by atoms with E-state index in [1.807, 2.05) is 0 Å². The Morgan fingerprint density at radius 2 is 2.20 bits per heavy atom. The molecule has 0 fully saturated rings. The first-order chi connectivity index (χ1) is 7.06. The van der Waals surface area contributed by atoms with Crippen LogP contribution in [0.25, 0.3) is 0 Å². The van der Waals surface area contributed by atoms with Crippen molar-refractivity contribution in [1.82, 2.24) is 0 Å². The quantitative estimate of drug-likeness (QED) is 0.434. The minimum atomic E-state index is -0.482. The van der Waals surface area contributed by atoms with E-state index < -0.39 is 10.9 Å². The lowest BCUT2D eigenvalue weighted by atomic mass is 10.1. The maximum Gasteiger partial charge on any atom is 0.338 e. The van der Waals surface area contributed by atoms with Crippen LogP contribution in [0.4, 0.5) is 5.69 Å². The average Bonchev–Trinajstić information content (AvgIpc) is 2.17. The predicted molar refractivity (Wildman–Crippen MR) is 53.8 cm³/mol. The molecule has 80 valence electrons. The molecule has 0 unspecified atom stereocenters. The van der Waals surface area contributed by atoms with E-state index in [1.165, 1.54) is 18.2 Å². The number of aryl methyl sites for hydroxylation is 1. The van der Waals surface area contributed by atoms with Crippen LogP contribution in [0.3, 0.4) is 0 Å². The lowest BCUT2D eigenvalue weighted by Gasteiger charge is -2.02. The van der Waals surface area contributed by atoms with Crippen molar-refractivity contribution < 1.29 is 14.5 Å². The Balaban J connectivity index is 3.01. The molecule has 0 saturated heterocycles. The first-order valence-corrected chi connectivity index (χ1v) is 4.48. The number of carbonyl (C=O) groups is 1. The molecular formula is C10H11NO4. The van der Waals surface area contributed by atoms with Crippen LogP contribution in [0.5, 0.6) is 0 Å². The second-order valence-corrected chi connectivity index (χ2v) is 2.98. The van der Waals surface area contributed by atoms with Gasteiger partial charge < -0.3 is 4.74 Å². The van der Waals surface area contributed by atoms with E-state index in [4.69, 9.17) is 4.74 Å². The van der Waals surface area contributed by atoms with Crippen molar-refractivity contribution in [3.63, 3.8) is 0 Å². The fraction of sp³-hybridized carbons (Fsp3) is 0.300. The van der Waals surface area contributed by atoms with Gasteiger partial charge in [-0.2, -0.15) is 0 Å². The van der Waals surface area contributed by atoms with E-state index in [0.29, 0.717) is 11.1 Å². The van der Waals surface area contributed by atoms with E-state index in [1.54, 1.807) is 13.8 Å². The van der Waals surface area contributed by atoms with Crippen LogP contribution in [0.15, 0.2) is 18.2 Å². The van der Waals surface area contributed by atoms with Gasteiger partial charge >= 0.3 is 5.97 Å². The van der Waals surface area contributed by atoms with Gasteiger partial charge in [-0.1, -0.05) is 0 Å². The molecule has 1 aromatic carbocycles. The highest BCUT2D eigenvalue weighted by molar-refractivity contribution is 5.90. The maximum atomic E-state index is 11.3. The van der Waals surface area contributed by atoms with Gasteiger partial charge in [-0.25, -0.2) is 4.79 Å². The highest BCUT2D eigenvalue weighted by Crippen LogP contribution is 2.19. The Morgan fingerprint density at radius 3 is 2.67 bits per heavy atom. The molecule has 0 N–H and O–H groups in total. The number of ether oxygens (including phenoxy) is 1. The van der Waals surface area contributed by atoms with E-state index in [0.717, 1.165) is 0 Å². The van der Waals surface area contributed by atoms with Crippen LogP contribution in [0.1, 0.15) is 22.8 Å². The Morgan fingerprint density at radius 1 is 1.53 bits per heavy atom. The number of esters is 1. The van der Waals surface area contributed by atoms with Crippen molar-refractivity contribution in [2.24, 2.45) is 0 Å². The van der Waals surface area contributed by atoms with E-state index in [9.17, 15) is 14.9 Å². The highest BCUT2D eigenvalue weighted by Gasteiger charge is 2.13. The number of nitro benzene ring substituents is 1. The van der Waals surface area contributed by atoms with Crippen molar-refractivity contribution in [2.45, 2.75) is 13.8 Å². The molecule has 0 spiro atoms. The molecule has 1 aromatic rings. The lowest BCUT2D eigenvalue weighted by Crippen LogP contribution is -2.05. The molecule has 0 aromatic heterocycles. The van der Waals surface area contributed by atoms with E-state index in [-0.39, 0.29) is 12.3 Å². The van der Waals surface area contributed by atoms with Crippen LogP contribution in [-0.4, -0.2) is 17.5 Å². The third kappa shape index (κ3) is 2.52. The normalized spacial score (nSPS) is 9.73. The third-order valence-corrected chi connectivity index (χ3v) is 1.90. The largest absolute Gasteiger partial charge is 0.462 e. The van der Waals surface area contributed by atoms with Crippen molar-refractivity contribution in [3.8, 4) is 0 Å². The summed E-state index contributed by atoms with van der Waals surface area (Å²) < 4.78 is 4.77. The molecule has 0 bridgehead atoms. The monoisotopic (exact) mass is 209 g/mol. The van der Waals surface area contributed by atoms with Crippen molar-refractivity contribution in [2.75, 3.05) is 6.61 Å². The topological polar surface area (TPSA) is 69.4 Å². The van der Waals surface area contributed by atoms with Crippen LogP contribution in [-0.2, 0) is 4.74 Å². The smallest absolute Gasteiger partial charge is 0.338 e. The summed E-state index contributed by atoms with van der Waals surface area (Å²) in [6, 6.07) is 4.15. The summed E-state index contributed by atoms with van der Waals surface area (Å²) >= 11 is 0. The minimum Gasteiger partial charge on any atom is -0.462 e. The second-order valence-electron chi connectivity index (χ2n) is 2.98. The summed E-state index contributed by atoms with van der Waals surface area (Å²) in [5.74, 6) is -0.463. The number of nitrogens with zero attached hydrogens (tertiary/aromatic N) is 1. The second kappa shape index (κ2) is 4.54. The molecule has 0 aliphatic rings. The van der Waals surface area contributed by atoms with Crippen molar-refractivity contribution in [1.29, 1.82) is 0 Å². The standard InChI is InChI=1S/C10H11NO4/c1-3-15-10(12)8-4-5-9(11(13)14)7(2)6-8/h4-6H,3H2,1-2H3. The number of nitro groups is 1. The molecule has 0 aliphatic carbocycles. The molecular weight excluding hydrogens is 198 g/mol. The Bertz CT molecular complexity index is 400. The summed E-state index contributed by atoms with van der Waals surface area (Å²) in [7, 11) is 0. The molecule has 0 saturated carbocycles. The molecule has 1 rings (SSSR count). The van der Waals surface area contributed by atoms with Crippen molar-refractivity contribution >= 4 is 11.7 Å². The molecule has 0 amide bonds. The first kappa shape index (κ1) is 11.2. The van der Waals surface area contributed by atoms with Gasteiger partial charge in [-0.05, 0) is 26.0 Å². The van der Waals surface area contributed by atoms with Gasteiger partial charge in [0.1, 0.15) is 0 Å². The highest BCUT2D eigenvalue weighted by atomic mass is 16.6. The van der Waals surface area contributed by atoms with E-state index in [2.05, 4.69) is 0 Å². The molecule has 15 heavy (non-hydrogen) atoms. The first-order valence-electron chi connectivity index (χ1n) is 4.48. The molecule has 5 heteroatoms. The van der Waals surface area contributed by atoms with Crippen LogP contribution in [0.2, 0.25) is 0 Å². The third-order valence-electron chi connectivity index (χ3n) is 1.90. The molecule has 5 nitrogen and oxygen atoms in total. The fourth-order valence-corrected chi connectivity index (χ4v) is 1.20. The number of benzene rings is 1. The summed E-state index contributed by atoms with van der Waals surface area (Å²) in [5.41, 5.74) is 0.786. The molecule has 0 radical (unpaired) electrons. The molecule has 0 atom stereocenters. The lowest BCUT2D eigenvalue weighted by molar-refractivity contribution is -0.385. The van der Waals surface area contributed by atoms with Crippen LogP contribution in [0, 0.1) is 17.0 Å². The van der Waals surface area contributed by atoms with E-state index >= 15 is 0 Å². The number of carbonyl (C=O) groups excluding carboxylic acids is 1. The van der Waals surface area contributed by atoms with Gasteiger partial charge in [0.05, 0.1) is 17.1 Å². The van der Waals surface area contributed by atoms with Gasteiger partial charge in [-0.15, -0.1) is 0 Å². The maximum absolute atomic E-state index is 11.3. The molecule has 0 heterocycles. The number of hydrogen-bond acceptors (Lipinski definition) is 4. The Kier molecular flexibility index (Phi) is 3.38. The zero-order valence-corrected chi connectivity index (χ0v) is 8.52. The minimum absolute atomic E-state index is 0.00282.